The highest BCUT2D eigenvalue weighted by molar-refractivity contribution is 7.10. The third-order valence-electron chi connectivity index (χ3n) is 3.35. The molecule has 0 atom stereocenters. The number of rotatable bonds is 6. The molecule has 19 heavy (non-hydrogen) atoms. The molecule has 1 aromatic heterocycles. The van der Waals surface area contributed by atoms with E-state index in [0.29, 0.717) is 0 Å². The van der Waals surface area contributed by atoms with Crippen LogP contribution in [0.2, 0.25) is 0 Å². The molecular formula is C15H22N2OS. The van der Waals surface area contributed by atoms with Crippen LogP contribution >= 0.6 is 11.3 Å². The Balaban J connectivity index is 1.72. The Kier molecular flexibility index (Phi) is 5.61. The molecule has 1 amide bonds. The molecule has 2 rings (SSSR count). The molecule has 0 saturated heterocycles. The van der Waals surface area contributed by atoms with Gasteiger partial charge in [-0.2, -0.15) is 0 Å². The molecule has 1 heterocycles. The third kappa shape index (κ3) is 4.80. The van der Waals surface area contributed by atoms with E-state index in [1.807, 2.05) is 11.4 Å². The van der Waals surface area contributed by atoms with E-state index in [1.165, 1.54) is 30.6 Å². The van der Waals surface area contributed by atoms with Crippen LogP contribution in [0, 0.1) is 0 Å². The summed E-state index contributed by atoms with van der Waals surface area (Å²) < 4.78 is 0. The highest BCUT2D eigenvalue weighted by Crippen LogP contribution is 2.22. The number of anilines is 1. The van der Waals surface area contributed by atoms with Crippen molar-refractivity contribution in [1.82, 2.24) is 5.32 Å². The quantitative estimate of drug-likeness (QED) is 0.615. The average Bonchev–Trinajstić information content (AvgIpc) is 2.82. The van der Waals surface area contributed by atoms with Crippen molar-refractivity contribution in [2.24, 2.45) is 0 Å². The van der Waals surface area contributed by atoms with Gasteiger partial charge in [0.05, 0.1) is 5.69 Å². The van der Waals surface area contributed by atoms with Gasteiger partial charge < -0.3 is 10.6 Å². The van der Waals surface area contributed by atoms with E-state index < -0.39 is 0 Å². The van der Waals surface area contributed by atoms with Gasteiger partial charge in [0.25, 0.3) is 0 Å². The Bertz CT molecular complexity index is 451. The summed E-state index contributed by atoms with van der Waals surface area (Å²) in [5.41, 5.74) is 2.55. The highest BCUT2D eigenvalue weighted by atomic mass is 32.1. The molecule has 1 aliphatic rings. The Morgan fingerprint density at radius 3 is 3.05 bits per heavy atom. The van der Waals surface area contributed by atoms with Gasteiger partial charge in [0, 0.05) is 18.3 Å². The van der Waals surface area contributed by atoms with Crippen LogP contribution < -0.4 is 10.6 Å². The molecule has 0 radical (unpaired) electrons. The van der Waals surface area contributed by atoms with E-state index in [9.17, 15) is 4.79 Å². The standard InChI is InChI=1S/C15H22N2OS/c1-12(18)17-14-8-10-19-15(14)11-16-9-7-13-5-3-2-4-6-13/h5,8,10,16H,2-4,6-7,9,11H2,1H3,(H,17,18). The van der Waals surface area contributed by atoms with Gasteiger partial charge in [0.1, 0.15) is 0 Å². The van der Waals surface area contributed by atoms with E-state index in [2.05, 4.69) is 16.7 Å². The molecule has 0 bridgehead atoms. The second kappa shape index (κ2) is 7.46. The van der Waals surface area contributed by atoms with Crippen LogP contribution in [0.1, 0.15) is 43.9 Å². The molecule has 0 unspecified atom stereocenters. The smallest absolute Gasteiger partial charge is 0.221 e. The largest absolute Gasteiger partial charge is 0.325 e. The van der Waals surface area contributed by atoms with E-state index >= 15 is 0 Å². The minimum Gasteiger partial charge on any atom is -0.325 e. The number of hydrogen-bond donors (Lipinski definition) is 2. The molecule has 3 nitrogen and oxygen atoms in total. The molecule has 0 aliphatic heterocycles. The van der Waals surface area contributed by atoms with Crippen LogP contribution in [-0.4, -0.2) is 12.5 Å². The Morgan fingerprint density at radius 1 is 1.42 bits per heavy atom. The van der Waals surface area contributed by atoms with Crippen LogP contribution in [0.25, 0.3) is 0 Å². The van der Waals surface area contributed by atoms with Crippen molar-refractivity contribution in [3.05, 3.63) is 28.0 Å². The molecule has 2 N–H and O–H groups in total. The predicted octanol–water partition coefficient (Wildman–Crippen LogP) is 3.69. The van der Waals surface area contributed by atoms with Crippen molar-refractivity contribution in [3.8, 4) is 0 Å². The number of nitrogens with one attached hydrogen (secondary N) is 2. The number of amides is 1. The van der Waals surface area contributed by atoms with Gasteiger partial charge >= 0.3 is 0 Å². The molecule has 0 spiro atoms. The second-order valence-corrected chi connectivity index (χ2v) is 5.97. The first-order chi connectivity index (χ1) is 9.25. The summed E-state index contributed by atoms with van der Waals surface area (Å²) in [5.74, 6) is -0.00740. The molecule has 0 fully saturated rings. The normalized spacial score (nSPS) is 15.1. The van der Waals surface area contributed by atoms with E-state index in [1.54, 1.807) is 23.8 Å². The first-order valence-corrected chi connectivity index (χ1v) is 7.86. The van der Waals surface area contributed by atoms with Crippen molar-refractivity contribution in [2.75, 3.05) is 11.9 Å². The summed E-state index contributed by atoms with van der Waals surface area (Å²) in [6, 6.07) is 1.97. The SMILES string of the molecule is CC(=O)Nc1ccsc1CNCCC1=CCCCC1. The zero-order chi connectivity index (χ0) is 13.5. The Morgan fingerprint density at radius 2 is 2.32 bits per heavy atom. The first-order valence-electron chi connectivity index (χ1n) is 6.98. The maximum Gasteiger partial charge on any atom is 0.221 e. The van der Waals surface area contributed by atoms with Crippen LogP contribution in [0.15, 0.2) is 23.1 Å². The van der Waals surface area contributed by atoms with Gasteiger partial charge in [-0.1, -0.05) is 11.6 Å². The molecule has 0 aromatic carbocycles. The van der Waals surface area contributed by atoms with E-state index in [-0.39, 0.29) is 5.91 Å². The van der Waals surface area contributed by atoms with Gasteiger partial charge in [-0.25, -0.2) is 0 Å². The summed E-state index contributed by atoms with van der Waals surface area (Å²) >= 11 is 1.69. The lowest BCUT2D eigenvalue weighted by atomic mass is 9.97. The number of carbonyl (C=O) groups is 1. The van der Waals surface area contributed by atoms with Gasteiger partial charge in [0.2, 0.25) is 5.91 Å². The van der Waals surface area contributed by atoms with Crippen LogP contribution in [0.5, 0.6) is 0 Å². The summed E-state index contributed by atoms with van der Waals surface area (Å²) in [6.45, 7) is 3.40. The lowest BCUT2D eigenvalue weighted by molar-refractivity contribution is -0.114. The van der Waals surface area contributed by atoms with Gasteiger partial charge in [-0.05, 0) is 50.1 Å². The summed E-state index contributed by atoms with van der Waals surface area (Å²) in [6.07, 6.45) is 8.79. The number of carbonyl (C=O) groups excluding carboxylic acids is 1. The fraction of sp³-hybridized carbons (Fsp3) is 0.533. The lowest BCUT2D eigenvalue weighted by Gasteiger charge is -2.13. The minimum absolute atomic E-state index is 0.00740. The van der Waals surface area contributed by atoms with Gasteiger partial charge in [-0.3, -0.25) is 4.79 Å². The third-order valence-corrected chi connectivity index (χ3v) is 4.27. The van der Waals surface area contributed by atoms with Crippen LogP contribution in [0.4, 0.5) is 5.69 Å². The summed E-state index contributed by atoms with van der Waals surface area (Å²) in [4.78, 5) is 12.3. The van der Waals surface area contributed by atoms with Crippen LogP contribution in [0.3, 0.4) is 0 Å². The van der Waals surface area contributed by atoms with Gasteiger partial charge in [-0.15, -0.1) is 11.3 Å². The highest BCUT2D eigenvalue weighted by Gasteiger charge is 2.06. The van der Waals surface area contributed by atoms with Gasteiger partial charge in [0.15, 0.2) is 0 Å². The Hall–Kier alpha value is -1.13. The maximum atomic E-state index is 11.1. The van der Waals surface area contributed by atoms with E-state index in [4.69, 9.17) is 0 Å². The second-order valence-electron chi connectivity index (χ2n) is 4.97. The molecule has 0 saturated carbocycles. The van der Waals surface area contributed by atoms with Crippen molar-refractivity contribution in [1.29, 1.82) is 0 Å². The summed E-state index contributed by atoms with van der Waals surface area (Å²) in [7, 11) is 0. The molecule has 104 valence electrons. The number of thiophene rings is 1. The van der Waals surface area contributed by atoms with Crippen molar-refractivity contribution in [2.45, 2.75) is 45.6 Å². The molecule has 4 heteroatoms. The van der Waals surface area contributed by atoms with Crippen molar-refractivity contribution >= 4 is 22.9 Å². The number of hydrogen-bond acceptors (Lipinski definition) is 3. The minimum atomic E-state index is -0.00740. The first kappa shape index (κ1) is 14.3. The topological polar surface area (TPSA) is 41.1 Å². The number of allylic oxidation sites excluding steroid dienone is 1. The molecular weight excluding hydrogens is 256 g/mol. The van der Waals surface area contributed by atoms with Crippen LogP contribution in [-0.2, 0) is 11.3 Å². The van der Waals surface area contributed by atoms with E-state index in [0.717, 1.165) is 25.2 Å². The van der Waals surface area contributed by atoms with Crippen molar-refractivity contribution in [3.63, 3.8) is 0 Å². The maximum absolute atomic E-state index is 11.1. The predicted molar refractivity (Wildman–Crippen MR) is 81.5 cm³/mol. The fourth-order valence-corrected chi connectivity index (χ4v) is 3.16. The average molecular weight is 278 g/mol. The zero-order valence-electron chi connectivity index (χ0n) is 11.5. The van der Waals surface area contributed by atoms with Crippen molar-refractivity contribution < 1.29 is 4.79 Å². The summed E-state index contributed by atoms with van der Waals surface area (Å²) in [5, 5.41) is 8.35. The lowest BCUT2D eigenvalue weighted by Crippen LogP contribution is -2.16. The molecule has 1 aromatic rings. The molecule has 1 aliphatic carbocycles. The monoisotopic (exact) mass is 278 g/mol. The zero-order valence-corrected chi connectivity index (χ0v) is 12.3. The fourth-order valence-electron chi connectivity index (χ4n) is 2.36. The Labute approximate surface area is 119 Å².